The van der Waals surface area contributed by atoms with E-state index in [1.165, 1.54) is 12.1 Å². The van der Waals surface area contributed by atoms with Gasteiger partial charge in [0.1, 0.15) is 0 Å². The molecule has 0 aliphatic rings. The maximum atomic E-state index is 12.1. The second-order valence-corrected chi connectivity index (χ2v) is 5.50. The number of hydrogen-bond donors (Lipinski definition) is 3. The number of amides is 1. The number of rotatable bonds is 3. The number of carboxylic acid groups (broad SMARTS) is 1. The van der Waals surface area contributed by atoms with Crippen LogP contribution in [0.4, 0.5) is 5.69 Å². The van der Waals surface area contributed by atoms with E-state index in [0.29, 0.717) is 11.3 Å². The minimum absolute atomic E-state index is 0.149. The van der Waals surface area contributed by atoms with Crippen LogP contribution >= 0.6 is 12.2 Å². The Labute approximate surface area is 139 Å². The number of nitrogens with one attached hydrogen (secondary N) is 2. The van der Waals surface area contributed by atoms with Gasteiger partial charge in [0.25, 0.3) is 5.91 Å². The number of aromatic carboxylic acids is 1. The minimum atomic E-state index is -0.998. The summed E-state index contributed by atoms with van der Waals surface area (Å²) in [6.45, 7) is 3.91. The molecular formula is C17H16N2O3S. The Bertz CT molecular complexity index is 770. The van der Waals surface area contributed by atoms with Crippen LogP contribution in [0.15, 0.2) is 42.5 Å². The molecule has 3 N–H and O–H groups in total. The first-order chi connectivity index (χ1) is 10.9. The van der Waals surface area contributed by atoms with Gasteiger partial charge in [-0.15, -0.1) is 0 Å². The molecule has 5 nitrogen and oxygen atoms in total. The largest absolute Gasteiger partial charge is 0.478 e. The number of benzene rings is 2. The van der Waals surface area contributed by atoms with E-state index in [4.69, 9.17) is 17.3 Å². The van der Waals surface area contributed by atoms with Crippen LogP contribution < -0.4 is 10.6 Å². The van der Waals surface area contributed by atoms with Crippen LogP contribution in [0.1, 0.15) is 31.8 Å². The lowest BCUT2D eigenvalue weighted by atomic mass is 10.1. The van der Waals surface area contributed by atoms with Gasteiger partial charge in [0, 0.05) is 11.3 Å². The first kappa shape index (κ1) is 16.6. The highest BCUT2D eigenvalue weighted by molar-refractivity contribution is 7.80. The number of carbonyl (C=O) groups excluding carboxylic acids is 1. The van der Waals surface area contributed by atoms with Crippen molar-refractivity contribution in [3.63, 3.8) is 0 Å². The maximum absolute atomic E-state index is 12.1. The summed E-state index contributed by atoms with van der Waals surface area (Å²) in [5.74, 6) is -1.30. The Morgan fingerprint density at radius 1 is 0.957 bits per heavy atom. The molecule has 0 aliphatic heterocycles. The quantitative estimate of drug-likeness (QED) is 0.755. The number of aryl methyl sites for hydroxylation is 2. The van der Waals surface area contributed by atoms with Crippen LogP contribution in [-0.2, 0) is 0 Å². The van der Waals surface area contributed by atoms with Crippen molar-refractivity contribution in [1.29, 1.82) is 0 Å². The average Bonchev–Trinajstić information content (AvgIpc) is 2.50. The molecule has 6 heteroatoms. The molecule has 0 saturated heterocycles. The molecule has 0 atom stereocenters. The summed E-state index contributed by atoms with van der Waals surface area (Å²) < 4.78 is 0. The molecule has 0 saturated carbocycles. The minimum Gasteiger partial charge on any atom is -0.478 e. The summed E-state index contributed by atoms with van der Waals surface area (Å²) in [4.78, 5) is 22.9. The highest BCUT2D eigenvalue weighted by atomic mass is 32.1. The van der Waals surface area contributed by atoms with Crippen LogP contribution in [0, 0.1) is 13.8 Å². The molecule has 2 rings (SSSR count). The van der Waals surface area contributed by atoms with Gasteiger partial charge in [0.05, 0.1) is 5.56 Å². The van der Waals surface area contributed by atoms with E-state index in [1.807, 2.05) is 19.9 Å². The molecule has 0 spiro atoms. The van der Waals surface area contributed by atoms with Crippen molar-refractivity contribution in [2.45, 2.75) is 13.8 Å². The van der Waals surface area contributed by atoms with E-state index in [9.17, 15) is 9.59 Å². The number of hydrogen-bond acceptors (Lipinski definition) is 3. The van der Waals surface area contributed by atoms with Gasteiger partial charge in [-0.25, -0.2) is 4.79 Å². The Kier molecular flexibility index (Phi) is 5.08. The summed E-state index contributed by atoms with van der Waals surface area (Å²) in [5.41, 5.74) is 3.45. The lowest BCUT2D eigenvalue weighted by molar-refractivity contribution is 0.0696. The van der Waals surface area contributed by atoms with Gasteiger partial charge >= 0.3 is 5.97 Å². The second kappa shape index (κ2) is 7.02. The third-order valence-electron chi connectivity index (χ3n) is 3.39. The van der Waals surface area contributed by atoms with Crippen molar-refractivity contribution in [3.05, 3.63) is 64.7 Å². The van der Waals surface area contributed by atoms with Crippen molar-refractivity contribution in [3.8, 4) is 0 Å². The van der Waals surface area contributed by atoms with E-state index >= 15 is 0 Å². The van der Waals surface area contributed by atoms with Gasteiger partial charge in [-0.05, 0) is 73.6 Å². The molecule has 0 bridgehead atoms. The van der Waals surface area contributed by atoms with E-state index < -0.39 is 5.97 Å². The molecule has 0 fully saturated rings. The molecule has 118 valence electrons. The lowest BCUT2D eigenvalue weighted by Crippen LogP contribution is -2.34. The lowest BCUT2D eigenvalue weighted by Gasteiger charge is -2.10. The van der Waals surface area contributed by atoms with Crippen LogP contribution in [-0.4, -0.2) is 22.1 Å². The fraction of sp³-hybridized carbons (Fsp3) is 0.118. The van der Waals surface area contributed by atoms with Crippen LogP contribution in [0.5, 0.6) is 0 Å². The fourth-order valence-corrected chi connectivity index (χ4v) is 2.13. The van der Waals surface area contributed by atoms with Gasteiger partial charge in [0.2, 0.25) is 0 Å². The SMILES string of the molecule is Cc1ccc(C(=O)NC(=S)Nc2ccc(C(=O)O)cc2)cc1C. The first-order valence-corrected chi connectivity index (χ1v) is 7.30. The topological polar surface area (TPSA) is 78.4 Å². The highest BCUT2D eigenvalue weighted by Gasteiger charge is 2.09. The monoisotopic (exact) mass is 328 g/mol. The molecule has 0 unspecified atom stereocenters. The van der Waals surface area contributed by atoms with Crippen LogP contribution in [0.25, 0.3) is 0 Å². The van der Waals surface area contributed by atoms with E-state index in [0.717, 1.165) is 11.1 Å². The van der Waals surface area contributed by atoms with E-state index in [2.05, 4.69) is 10.6 Å². The van der Waals surface area contributed by atoms with Crippen LogP contribution in [0.3, 0.4) is 0 Å². The molecule has 0 aromatic heterocycles. The zero-order valence-electron chi connectivity index (χ0n) is 12.7. The van der Waals surface area contributed by atoms with Gasteiger partial charge in [-0.2, -0.15) is 0 Å². The van der Waals surface area contributed by atoms with E-state index in [1.54, 1.807) is 24.3 Å². The summed E-state index contributed by atoms with van der Waals surface area (Å²) in [6, 6.07) is 11.5. The fourth-order valence-electron chi connectivity index (χ4n) is 1.92. The van der Waals surface area contributed by atoms with Crippen molar-refractivity contribution < 1.29 is 14.7 Å². The zero-order chi connectivity index (χ0) is 17.0. The van der Waals surface area contributed by atoms with Crippen molar-refractivity contribution in [2.24, 2.45) is 0 Å². The highest BCUT2D eigenvalue weighted by Crippen LogP contribution is 2.11. The predicted octanol–water partition coefficient (Wildman–Crippen LogP) is 3.13. The summed E-state index contributed by atoms with van der Waals surface area (Å²) >= 11 is 5.10. The number of carbonyl (C=O) groups is 2. The van der Waals surface area contributed by atoms with Crippen molar-refractivity contribution >= 4 is 34.9 Å². The molecule has 0 heterocycles. The van der Waals surface area contributed by atoms with Crippen molar-refractivity contribution in [1.82, 2.24) is 5.32 Å². The second-order valence-electron chi connectivity index (χ2n) is 5.09. The molecule has 0 radical (unpaired) electrons. The first-order valence-electron chi connectivity index (χ1n) is 6.90. The van der Waals surface area contributed by atoms with Gasteiger partial charge in [-0.1, -0.05) is 6.07 Å². The molecule has 2 aromatic rings. The molecule has 2 aromatic carbocycles. The maximum Gasteiger partial charge on any atom is 0.335 e. The molecule has 23 heavy (non-hydrogen) atoms. The number of carboxylic acids is 1. The smallest absolute Gasteiger partial charge is 0.335 e. The summed E-state index contributed by atoms with van der Waals surface area (Å²) in [6.07, 6.45) is 0. The van der Waals surface area contributed by atoms with Gasteiger partial charge in [-0.3, -0.25) is 10.1 Å². The molecule has 1 amide bonds. The number of thiocarbonyl (C=S) groups is 1. The Morgan fingerprint density at radius 3 is 2.13 bits per heavy atom. The summed E-state index contributed by atoms with van der Waals surface area (Å²) in [7, 11) is 0. The van der Waals surface area contributed by atoms with Crippen molar-refractivity contribution in [2.75, 3.05) is 5.32 Å². The zero-order valence-corrected chi connectivity index (χ0v) is 13.5. The van der Waals surface area contributed by atoms with Gasteiger partial charge < -0.3 is 10.4 Å². The Balaban J connectivity index is 1.99. The third kappa shape index (κ3) is 4.37. The molecule has 0 aliphatic carbocycles. The van der Waals surface area contributed by atoms with Crippen LogP contribution in [0.2, 0.25) is 0 Å². The summed E-state index contributed by atoms with van der Waals surface area (Å²) in [5, 5.41) is 14.4. The van der Waals surface area contributed by atoms with E-state index in [-0.39, 0.29) is 16.6 Å². The van der Waals surface area contributed by atoms with Gasteiger partial charge in [0.15, 0.2) is 5.11 Å². The standard InChI is InChI=1S/C17H16N2O3S/c1-10-3-4-13(9-11(10)2)15(20)19-17(23)18-14-7-5-12(6-8-14)16(21)22/h3-9H,1-2H3,(H,21,22)(H2,18,19,20,23). The molecular weight excluding hydrogens is 312 g/mol. The Morgan fingerprint density at radius 2 is 1.57 bits per heavy atom. The number of anilines is 1. The average molecular weight is 328 g/mol. The predicted molar refractivity (Wildman–Crippen MR) is 93.0 cm³/mol. The Hall–Kier alpha value is -2.73. The normalized spacial score (nSPS) is 10.0. The third-order valence-corrected chi connectivity index (χ3v) is 3.59.